The summed E-state index contributed by atoms with van der Waals surface area (Å²) < 4.78 is 10.6. The first-order valence-corrected chi connectivity index (χ1v) is 12.3. The number of hydrogen-bond donors (Lipinski definition) is 1. The second kappa shape index (κ2) is 10.7. The summed E-state index contributed by atoms with van der Waals surface area (Å²) in [7, 11) is 3.23. The van der Waals surface area contributed by atoms with Crippen LogP contribution in [0.25, 0.3) is 21.1 Å². The lowest BCUT2D eigenvalue weighted by Crippen LogP contribution is -2.15. The van der Waals surface area contributed by atoms with Gasteiger partial charge in [-0.2, -0.15) is 0 Å². The summed E-state index contributed by atoms with van der Waals surface area (Å²) in [6.07, 6.45) is 0. The molecule has 2 aromatic heterocycles. The van der Waals surface area contributed by atoms with Crippen LogP contribution in [-0.4, -0.2) is 41.1 Å². The first-order chi connectivity index (χ1) is 16.5. The molecule has 34 heavy (non-hydrogen) atoms. The average molecular weight is 493 g/mol. The molecular formula is C25H24N4O3S2. The quantitative estimate of drug-likeness (QED) is 0.319. The number of amides is 1. The van der Waals surface area contributed by atoms with Crippen molar-refractivity contribution in [2.45, 2.75) is 18.9 Å². The highest BCUT2D eigenvalue weighted by Gasteiger charge is 2.14. The van der Waals surface area contributed by atoms with E-state index in [0.29, 0.717) is 16.5 Å². The van der Waals surface area contributed by atoms with Crippen molar-refractivity contribution >= 4 is 34.7 Å². The number of thiazole rings is 1. The van der Waals surface area contributed by atoms with E-state index in [4.69, 9.17) is 14.5 Å². The number of aromatic nitrogens is 3. The Bertz CT molecular complexity index is 1310. The van der Waals surface area contributed by atoms with Crippen molar-refractivity contribution in [1.82, 2.24) is 15.2 Å². The van der Waals surface area contributed by atoms with Crippen LogP contribution in [0.15, 0.2) is 59.6 Å². The third-order valence-electron chi connectivity index (χ3n) is 4.97. The molecule has 174 valence electrons. The van der Waals surface area contributed by atoms with Gasteiger partial charge in [0.05, 0.1) is 36.2 Å². The van der Waals surface area contributed by atoms with Gasteiger partial charge in [-0.15, -0.1) is 21.5 Å². The van der Waals surface area contributed by atoms with Crippen molar-refractivity contribution < 1.29 is 14.3 Å². The predicted octanol–water partition coefficient (Wildman–Crippen LogP) is 5.63. The number of benzene rings is 2. The number of anilines is 1. The monoisotopic (exact) mass is 492 g/mol. The SMILES string of the molecule is COc1cccc(-c2nc(C)c(-c3ccc(SCC(=O)Nc4cc(C)ccc4OC)nn3)s2)c1. The van der Waals surface area contributed by atoms with Gasteiger partial charge in [0.25, 0.3) is 0 Å². The molecule has 4 aromatic rings. The molecule has 0 saturated heterocycles. The lowest BCUT2D eigenvalue weighted by Gasteiger charge is -2.10. The van der Waals surface area contributed by atoms with Crippen LogP contribution < -0.4 is 14.8 Å². The Morgan fingerprint density at radius 3 is 2.62 bits per heavy atom. The van der Waals surface area contributed by atoms with E-state index in [0.717, 1.165) is 38.1 Å². The summed E-state index contributed by atoms with van der Waals surface area (Å²) in [5.41, 5.74) is 4.33. The summed E-state index contributed by atoms with van der Waals surface area (Å²) in [5.74, 6) is 1.49. The minimum atomic E-state index is -0.138. The van der Waals surface area contributed by atoms with Crippen LogP contribution in [0.1, 0.15) is 11.3 Å². The molecule has 7 nitrogen and oxygen atoms in total. The first-order valence-electron chi connectivity index (χ1n) is 10.5. The van der Waals surface area contributed by atoms with Gasteiger partial charge in [-0.25, -0.2) is 4.98 Å². The fourth-order valence-corrected chi connectivity index (χ4v) is 4.92. The van der Waals surface area contributed by atoms with Crippen molar-refractivity contribution in [3.05, 3.63) is 65.9 Å². The van der Waals surface area contributed by atoms with Gasteiger partial charge in [-0.1, -0.05) is 30.0 Å². The number of nitrogens with zero attached hydrogens (tertiary/aromatic N) is 3. The van der Waals surface area contributed by atoms with Crippen LogP contribution in [0.5, 0.6) is 11.5 Å². The van der Waals surface area contributed by atoms with E-state index >= 15 is 0 Å². The summed E-state index contributed by atoms with van der Waals surface area (Å²) in [4.78, 5) is 18.1. The minimum Gasteiger partial charge on any atom is -0.497 e. The first kappa shape index (κ1) is 23.7. The molecule has 2 aromatic carbocycles. The Morgan fingerprint density at radius 2 is 1.88 bits per heavy atom. The van der Waals surface area contributed by atoms with Gasteiger partial charge < -0.3 is 14.8 Å². The van der Waals surface area contributed by atoms with E-state index in [1.54, 1.807) is 25.6 Å². The van der Waals surface area contributed by atoms with Gasteiger partial charge >= 0.3 is 0 Å². The van der Waals surface area contributed by atoms with Crippen molar-refractivity contribution in [2.24, 2.45) is 0 Å². The zero-order valence-corrected chi connectivity index (χ0v) is 20.9. The molecule has 4 rings (SSSR count). The van der Waals surface area contributed by atoms with Crippen LogP contribution in [0.3, 0.4) is 0 Å². The number of nitrogens with one attached hydrogen (secondary N) is 1. The lowest BCUT2D eigenvalue weighted by molar-refractivity contribution is -0.113. The molecule has 0 aliphatic rings. The van der Waals surface area contributed by atoms with Crippen molar-refractivity contribution in [3.8, 4) is 32.6 Å². The number of methoxy groups -OCH3 is 2. The third-order valence-corrected chi connectivity index (χ3v) is 7.12. The molecule has 0 fully saturated rings. The van der Waals surface area contributed by atoms with Crippen LogP contribution in [-0.2, 0) is 4.79 Å². The second-order valence-corrected chi connectivity index (χ2v) is 9.46. The standard InChI is InChI=1S/C25H24N4O3S2/c1-15-8-10-21(32-4)20(12-15)27-22(30)14-33-23-11-9-19(28-29-23)24-16(2)26-25(34-24)17-6-5-7-18(13-17)31-3/h5-13H,14H2,1-4H3,(H,27,30). The Morgan fingerprint density at radius 1 is 1.03 bits per heavy atom. The van der Waals surface area contributed by atoms with E-state index in [-0.39, 0.29) is 11.7 Å². The van der Waals surface area contributed by atoms with E-state index < -0.39 is 0 Å². The van der Waals surface area contributed by atoms with Crippen LogP contribution in [0.4, 0.5) is 5.69 Å². The molecule has 0 aliphatic carbocycles. The summed E-state index contributed by atoms with van der Waals surface area (Å²) in [5, 5.41) is 13.1. The fourth-order valence-electron chi connectivity index (χ4n) is 3.28. The van der Waals surface area contributed by atoms with E-state index in [2.05, 4.69) is 15.5 Å². The molecular weight excluding hydrogens is 468 g/mol. The molecule has 0 bridgehead atoms. The Labute approximate surface area is 206 Å². The molecule has 2 heterocycles. The van der Waals surface area contributed by atoms with E-state index in [1.165, 1.54) is 11.8 Å². The number of rotatable bonds is 8. The summed E-state index contributed by atoms with van der Waals surface area (Å²) >= 11 is 2.89. The van der Waals surface area contributed by atoms with Crippen molar-refractivity contribution in [2.75, 3.05) is 25.3 Å². The maximum atomic E-state index is 12.4. The molecule has 1 amide bonds. The van der Waals surface area contributed by atoms with Gasteiger partial charge in [0.2, 0.25) is 5.91 Å². The van der Waals surface area contributed by atoms with E-state index in [9.17, 15) is 4.79 Å². The topological polar surface area (TPSA) is 86.2 Å². The van der Waals surface area contributed by atoms with Crippen molar-refractivity contribution in [3.63, 3.8) is 0 Å². The molecule has 0 radical (unpaired) electrons. The number of hydrogen-bond acceptors (Lipinski definition) is 8. The molecule has 9 heteroatoms. The highest BCUT2D eigenvalue weighted by atomic mass is 32.2. The maximum Gasteiger partial charge on any atom is 0.234 e. The van der Waals surface area contributed by atoms with Crippen LogP contribution in [0.2, 0.25) is 0 Å². The zero-order valence-electron chi connectivity index (χ0n) is 19.3. The number of carbonyl (C=O) groups excluding carboxylic acids is 1. The smallest absolute Gasteiger partial charge is 0.234 e. The highest BCUT2D eigenvalue weighted by Crippen LogP contribution is 2.35. The molecule has 0 spiro atoms. The third kappa shape index (κ3) is 5.55. The zero-order chi connectivity index (χ0) is 24.1. The Hall–Kier alpha value is -3.43. The Balaban J connectivity index is 1.41. The van der Waals surface area contributed by atoms with Gasteiger partial charge in [0.1, 0.15) is 27.2 Å². The number of carbonyl (C=O) groups is 1. The fraction of sp³-hybridized carbons (Fsp3) is 0.200. The number of thioether (sulfide) groups is 1. The predicted molar refractivity (Wildman–Crippen MR) is 137 cm³/mol. The summed E-state index contributed by atoms with van der Waals surface area (Å²) in [6.45, 7) is 3.93. The Kier molecular flexibility index (Phi) is 7.44. The maximum absolute atomic E-state index is 12.4. The molecule has 0 unspecified atom stereocenters. The van der Waals surface area contributed by atoms with Crippen LogP contribution >= 0.6 is 23.1 Å². The number of ether oxygens (including phenoxy) is 2. The largest absolute Gasteiger partial charge is 0.497 e. The molecule has 0 atom stereocenters. The van der Waals surface area contributed by atoms with Crippen molar-refractivity contribution in [1.29, 1.82) is 0 Å². The molecule has 0 saturated carbocycles. The second-order valence-electron chi connectivity index (χ2n) is 7.46. The van der Waals surface area contributed by atoms with Gasteiger partial charge in [0, 0.05) is 5.56 Å². The molecule has 0 aliphatic heterocycles. The normalized spacial score (nSPS) is 10.7. The highest BCUT2D eigenvalue weighted by molar-refractivity contribution is 7.99. The minimum absolute atomic E-state index is 0.138. The number of aryl methyl sites for hydroxylation is 2. The molecule has 1 N–H and O–H groups in total. The summed E-state index contributed by atoms with van der Waals surface area (Å²) in [6, 6.07) is 17.3. The van der Waals surface area contributed by atoms with Crippen LogP contribution in [0, 0.1) is 13.8 Å². The average Bonchev–Trinajstić information content (AvgIpc) is 3.25. The van der Waals surface area contributed by atoms with Gasteiger partial charge in [-0.05, 0) is 55.8 Å². The van der Waals surface area contributed by atoms with Gasteiger partial charge in [0.15, 0.2) is 0 Å². The van der Waals surface area contributed by atoms with E-state index in [1.807, 2.05) is 68.4 Å². The lowest BCUT2D eigenvalue weighted by atomic mass is 10.2. The van der Waals surface area contributed by atoms with Gasteiger partial charge in [-0.3, -0.25) is 4.79 Å².